The van der Waals surface area contributed by atoms with Gasteiger partial charge in [0.25, 0.3) is 0 Å². The van der Waals surface area contributed by atoms with E-state index in [9.17, 15) is 0 Å². The van der Waals surface area contributed by atoms with E-state index in [2.05, 4.69) is 183 Å². The highest BCUT2D eigenvalue weighted by Crippen LogP contribution is 2.52. The topological polar surface area (TPSA) is 3.24 Å². The molecule has 8 aromatic carbocycles. The Morgan fingerprint density at radius 1 is 0.469 bits per heavy atom. The quantitative estimate of drug-likeness (QED) is 0.184. The number of fused-ring (bicyclic) bond motifs is 9. The maximum atomic E-state index is 2.48. The molecule has 0 saturated carbocycles. The molecule has 1 nitrogen and oxygen atoms in total. The predicted octanol–water partition coefficient (Wildman–Crippen LogP) is 13.8. The largest absolute Gasteiger partial charge is 0.310 e. The molecule has 0 bridgehead atoms. The fourth-order valence-electron chi connectivity index (χ4n) is 8.17. The summed E-state index contributed by atoms with van der Waals surface area (Å²) in [5, 5.41) is 7.70. The first kappa shape index (κ1) is 28.3. The van der Waals surface area contributed by atoms with Crippen molar-refractivity contribution in [1.29, 1.82) is 0 Å². The summed E-state index contributed by atoms with van der Waals surface area (Å²) in [6.45, 7) is 4.70. The molecule has 1 heterocycles. The van der Waals surface area contributed by atoms with Crippen LogP contribution in [0.3, 0.4) is 0 Å². The lowest BCUT2D eigenvalue weighted by molar-refractivity contribution is 0.660. The lowest BCUT2D eigenvalue weighted by atomic mass is 9.82. The van der Waals surface area contributed by atoms with Gasteiger partial charge in [-0.1, -0.05) is 135 Å². The molecular weight excluding hydrogens is 611 g/mol. The average molecular weight is 644 g/mol. The third-order valence-corrected chi connectivity index (χ3v) is 11.8. The Labute approximate surface area is 290 Å². The number of thiophene rings is 1. The molecule has 1 aliphatic rings. The van der Waals surface area contributed by atoms with Crippen molar-refractivity contribution < 1.29 is 0 Å². The van der Waals surface area contributed by atoms with Gasteiger partial charge in [-0.05, 0) is 92.0 Å². The molecule has 1 aliphatic carbocycles. The van der Waals surface area contributed by atoms with Crippen molar-refractivity contribution in [1.82, 2.24) is 0 Å². The normalized spacial score (nSPS) is 13.3. The Bertz CT molecular complexity index is 2750. The molecule has 0 atom stereocenters. The fraction of sp³-hybridized carbons (Fsp3) is 0.0638. The van der Waals surface area contributed by atoms with Crippen molar-refractivity contribution in [3.8, 4) is 22.3 Å². The number of anilines is 3. The third-order valence-electron chi connectivity index (χ3n) is 10.6. The van der Waals surface area contributed by atoms with Crippen molar-refractivity contribution in [2.75, 3.05) is 4.90 Å². The molecule has 10 rings (SSSR count). The van der Waals surface area contributed by atoms with Crippen LogP contribution in [-0.2, 0) is 5.41 Å². The SMILES string of the molecule is CC1(C)c2ccccc2-c2cc(N(c3ccc(-c4ccc5ccccc5c4)cc3)c3cccc4ccc5c6ccccc6sc5c34)ccc21. The molecule has 1 aromatic heterocycles. The number of hydrogen-bond donors (Lipinski definition) is 0. The summed E-state index contributed by atoms with van der Waals surface area (Å²) in [6, 6.07) is 60.7. The molecule has 232 valence electrons. The molecule has 49 heavy (non-hydrogen) atoms. The number of nitrogens with zero attached hydrogens (tertiary/aromatic N) is 1. The molecule has 2 heteroatoms. The highest BCUT2D eigenvalue weighted by Gasteiger charge is 2.35. The number of hydrogen-bond acceptors (Lipinski definition) is 2. The first-order valence-corrected chi connectivity index (χ1v) is 17.8. The first-order valence-electron chi connectivity index (χ1n) is 17.0. The van der Waals surface area contributed by atoms with E-state index in [1.54, 1.807) is 0 Å². The van der Waals surface area contributed by atoms with Crippen LogP contribution in [-0.4, -0.2) is 0 Å². The van der Waals surface area contributed by atoms with Gasteiger partial charge in [-0.2, -0.15) is 0 Å². The maximum absolute atomic E-state index is 2.48. The van der Waals surface area contributed by atoms with E-state index in [4.69, 9.17) is 0 Å². The van der Waals surface area contributed by atoms with E-state index in [1.165, 1.54) is 80.8 Å². The van der Waals surface area contributed by atoms with Gasteiger partial charge in [-0.25, -0.2) is 0 Å². The van der Waals surface area contributed by atoms with Gasteiger partial charge in [-0.15, -0.1) is 11.3 Å². The van der Waals surface area contributed by atoms with Crippen molar-refractivity contribution in [2.24, 2.45) is 0 Å². The second-order valence-electron chi connectivity index (χ2n) is 13.8. The van der Waals surface area contributed by atoms with E-state index >= 15 is 0 Å². The van der Waals surface area contributed by atoms with Crippen LogP contribution < -0.4 is 4.90 Å². The smallest absolute Gasteiger partial charge is 0.0554 e. The molecule has 0 radical (unpaired) electrons. The van der Waals surface area contributed by atoms with Gasteiger partial charge in [0.2, 0.25) is 0 Å². The van der Waals surface area contributed by atoms with E-state index in [0.29, 0.717) is 0 Å². The lowest BCUT2D eigenvalue weighted by Crippen LogP contribution is -2.15. The van der Waals surface area contributed by atoms with Gasteiger partial charge in [-0.3, -0.25) is 0 Å². The Balaban J connectivity index is 1.20. The van der Waals surface area contributed by atoms with Crippen LogP contribution in [0.2, 0.25) is 0 Å². The molecule has 9 aromatic rings. The van der Waals surface area contributed by atoms with Crippen LogP contribution >= 0.6 is 11.3 Å². The molecule has 0 N–H and O–H groups in total. The summed E-state index contributed by atoms with van der Waals surface area (Å²) in [5.41, 5.74) is 11.3. The highest BCUT2D eigenvalue weighted by molar-refractivity contribution is 7.26. The molecule has 0 saturated heterocycles. The zero-order valence-electron chi connectivity index (χ0n) is 27.4. The van der Waals surface area contributed by atoms with Gasteiger partial charge in [0.15, 0.2) is 0 Å². The Hall–Kier alpha value is -5.70. The summed E-state index contributed by atoms with van der Waals surface area (Å²) < 4.78 is 2.65. The minimum Gasteiger partial charge on any atom is -0.310 e. The highest BCUT2D eigenvalue weighted by atomic mass is 32.1. The second-order valence-corrected chi connectivity index (χ2v) is 14.8. The fourth-order valence-corrected chi connectivity index (χ4v) is 9.43. The summed E-state index contributed by atoms with van der Waals surface area (Å²) in [6.07, 6.45) is 0. The van der Waals surface area contributed by atoms with Gasteiger partial charge < -0.3 is 4.90 Å². The standard InChI is InChI=1S/C47H33NS/c1-47(2)41-15-7-5-13-37(41)40-29-36(25-27-42(40)47)48(35-23-20-31(21-24-35)34-19-18-30-10-3-4-11-33(30)28-34)43-16-9-12-32-22-26-39-38-14-6-8-17-44(38)49-46(39)45(32)43/h3-29H,1-2H3. The predicted molar refractivity (Wildman–Crippen MR) is 212 cm³/mol. The van der Waals surface area contributed by atoms with Gasteiger partial charge in [0, 0.05) is 42.3 Å². The lowest BCUT2D eigenvalue weighted by Gasteiger charge is -2.28. The van der Waals surface area contributed by atoms with Crippen molar-refractivity contribution in [3.63, 3.8) is 0 Å². The molecule has 0 fully saturated rings. The van der Waals surface area contributed by atoms with E-state index in [-0.39, 0.29) is 5.41 Å². The zero-order valence-corrected chi connectivity index (χ0v) is 28.3. The van der Waals surface area contributed by atoms with E-state index in [1.807, 2.05) is 11.3 Å². The van der Waals surface area contributed by atoms with Crippen LogP contribution in [0.15, 0.2) is 164 Å². The van der Waals surface area contributed by atoms with Crippen LogP contribution in [0.25, 0.3) is 64.0 Å². The van der Waals surface area contributed by atoms with Crippen molar-refractivity contribution >= 4 is 70.1 Å². The summed E-state index contributed by atoms with van der Waals surface area (Å²) in [5.74, 6) is 0. The Kier molecular flexibility index (Phi) is 6.16. The van der Waals surface area contributed by atoms with E-state index < -0.39 is 0 Å². The molecule has 0 spiro atoms. The second kappa shape index (κ2) is 10.7. The van der Waals surface area contributed by atoms with Crippen LogP contribution in [0.4, 0.5) is 17.1 Å². The molecule has 0 aliphatic heterocycles. The summed E-state index contributed by atoms with van der Waals surface area (Å²) in [7, 11) is 0. The Morgan fingerprint density at radius 3 is 2.06 bits per heavy atom. The monoisotopic (exact) mass is 643 g/mol. The Morgan fingerprint density at radius 2 is 1.16 bits per heavy atom. The first-order chi connectivity index (χ1) is 24.0. The van der Waals surface area contributed by atoms with Crippen molar-refractivity contribution in [2.45, 2.75) is 19.3 Å². The summed E-state index contributed by atoms with van der Waals surface area (Å²) in [4.78, 5) is 2.48. The third kappa shape index (κ3) is 4.31. The van der Waals surface area contributed by atoms with Crippen LogP contribution in [0, 0.1) is 0 Å². The van der Waals surface area contributed by atoms with Crippen molar-refractivity contribution in [3.05, 3.63) is 175 Å². The van der Waals surface area contributed by atoms with Crippen LogP contribution in [0.5, 0.6) is 0 Å². The molecular formula is C47H33NS. The van der Waals surface area contributed by atoms with E-state index in [0.717, 1.165) is 11.4 Å². The minimum absolute atomic E-state index is 0.0422. The molecule has 0 amide bonds. The minimum atomic E-state index is -0.0422. The number of benzene rings is 8. The average Bonchev–Trinajstić information content (AvgIpc) is 3.64. The van der Waals surface area contributed by atoms with Crippen LogP contribution in [0.1, 0.15) is 25.0 Å². The van der Waals surface area contributed by atoms with Gasteiger partial charge in [0.1, 0.15) is 0 Å². The van der Waals surface area contributed by atoms with Gasteiger partial charge in [0.05, 0.1) is 5.69 Å². The zero-order chi connectivity index (χ0) is 32.7. The molecule has 0 unspecified atom stereocenters. The number of rotatable bonds is 4. The summed E-state index contributed by atoms with van der Waals surface area (Å²) >= 11 is 1.90. The maximum Gasteiger partial charge on any atom is 0.0554 e. The van der Waals surface area contributed by atoms with Gasteiger partial charge >= 0.3 is 0 Å².